The number of rotatable bonds is 8. The fourth-order valence-electron chi connectivity index (χ4n) is 4.90. The molecular formula is C30H29N7O2. The van der Waals surface area contributed by atoms with Crippen LogP contribution in [0.15, 0.2) is 83.0 Å². The number of nitrogens with zero attached hydrogens (tertiary/aromatic N) is 4. The molecule has 2 aliphatic carbocycles. The molecule has 39 heavy (non-hydrogen) atoms. The van der Waals surface area contributed by atoms with Gasteiger partial charge in [-0.1, -0.05) is 18.2 Å². The fourth-order valence-corrected chi connectivity index (χ4v) is 4.90. The Morgan fingerprint density at radius 1 is 0.641 bits per heavy atom. The maximum Gasteiger partial charge on any atom is 0.231 e. The molecule has 6 rings (SSSR count). The summed E-state index contributed by atoms with van der Waals surface area (Å²) in [5.41, 5.74) is 13.9. The van der Waals surface area contributed by atoms with E-state index in [0.717, 1.165) is 65.4 Å². The lowest BCUT2D eigenvalue weighted by Crippen LogP contribution is -2.07. The molecule has 9 heteroatoms. The lowest BCUT2D eigenvalue weighted by molar-refractivity contribution is 0.414. The number of aromatic nitrogens is 2. The molecule has 0 amide bonds. The third-order valence-corrected chi connectivity index (χ3v) is 6.88. The Morgan fingerprint density at radius 2 is 1.18 bits per heavy atom. The molecule has 9 nitrogen and oxygen atoms in total. The molecule has 0 spiro atoms. The minimum Gasteiger partial charge on any atom is -0.497 e. The van der Waals surface area contributed by atoms with Crippen molar-refractivity contribution in [2.45, 2.75) is 25.7 Å². The van der Waals surface area contributed by atoms with Crippen molar-refractivity contribution < 1.29 is 9.47 Å². The van der Waals surface area contributed by atoms with Gasteiger partial charge in [-0.25, -0.2) is 0 Å². The standard InChI is InChI=1S/C30H29N7O2/c1-38-22-10-12-24-19(16-22)8-14-26(24)34-36-28-18-29(33-30(32-28)31-21-6-4-3-5-7-21)37-35-27-15-9-20-17-23(39-2)11-13-25(20)27/h3-7,10-13,16-18H,8-9,14-15H2,1-2H3,(H3,31,32,33,36,37). The number of hydrogen-bond acceptors (Lipinski definition) is 9. The molecule has 2 aliphatic rings. The predicted octanol–water partition coefficient (Wildman–Crippen LogP) is 5.76. The number of methoxy groups -OCH3 is 2. The van der Waals surface area contributed by atoms with Crippen LogP contribution in [0.3, 0.4) is 0 Å². The molecule has 3 N–H and O–H groups in total. The van der Waals surface area contributed by atoms with Crippen LogP contribution in [0.4, 0.5) is 23.3 Å². The van der Waals surface area contributed by atoms with E-state index in [4.69, 9.17) is 19.7 Å². The molecule has 0 saturated carbocycles. The average Bonchev–Trinajstić information content (AvgIpc) is 3.58. The molecule has 0 bridgehead atoms. The minimum absolute atomic E-state index is 0.433. The number of anilines is 4. The van der Waals surface area contributed by atoms with E-state index >= 15 is 0 Å². The number of fused-ring (bicyclic) bond motifs is 2. The molecule has 0 aliphatic heterocycles. The zero-order valence-electron chi connectivity index (χ0n) is 21.9. The van der Waals surface area contributed by atoms with Crippen molar-refractivity contribution >= 4 is 34.7 Å². The molecule has 0 radical (unpaired) electrons. The Kier molecular flexibility index (Phi) is 6.78. The smallest absolute Gasteiger partial charge is 0.231 e. The lowest BCUT2D eigenvalue weighted by Gasteiger charge is -2.10. The van der Waals surface area contributed by atoms with Crippen LogP contribution in [0.25, 0.3) is 0 Å². The number of benzene rings is 3. The maximum atomic E-state index is 5.37. The van der Waals surface area contributed by atoms with Gasteiger partial charge in [0.1, 0.15) is 11.5 Å². The second kappa shape index (κ2) is 10.8. The topological polar surface area (TPSA) is 105 Å². The van der Waals surface area contributed by atoms with Crippen LogP contribution in [-0.4, -0.2) is 35.6 Å². The largest absolute Gasteiger partial charge is 0.497 e. The highest BCUT2D eigenvalue weighted by molar-refractivity contribution is 6.05. The SMILES string of the molecule is COc1ccc2c(c1)CCC2=NNc1cc(NN=C2CCc3cc(OC)ccc32)nc(Nc2ccccc2)n1. The Bertz CT molecular complexity index is 1470. The highest BCUT2D eigenvalue weighted by Crippen LogP contribution is 2.28. The monoisotopic (exact) mass is 519 g/mol. The van der Waals surface area contributed by atoms with Crippen molar-refractivity contribution in [2.75, 3.05) is 30.4 Å². The summed E-state index contributed by atoms with van der Waals surface area (Å²) in [6.07, 6.45) is 3.54. The predicted molar refractivity (Wildman–Crippen MR) is 155 cm³/mol. The van der Waals surface area contributed by atoms with Gasteiger partial charge < -0.3 is 14.8 Å². The third kappa shape index (κ3) is 5.38. The van der Waals surface area contributed by atoms with Crippen molar-refractivity contribution in [3.05, 3.63) is 95.1 Å². The first-order valence-corrected chi connectivity index (χ1v) is 12.9. The van der Waals surface area contributed by atoms with Crippen LogP contribution in [0.2, 0.25) is 0 Å². The van der Waals surface area contributed by atoms with Gasteiger partial charge in [0.05, 0.1) is 25.6 Å². The summed E-state index contributed by atoms with van der Waals surface area (Å²) in [6.45, 7) is 0. The number of nitrogens with one attached hydrogen (secondary N) is 3. The minimum atomic E-state index is 0.433. The second-order valence-electron chi connectivity index (χ2n) is 9.34. The van der Waals surface area contributed by atoms with E-state index in [1.54, 1.807) is 20.3 Å². The first kappa shape index (κ1) is 24.4. The molecule has 0 fully saturated rings. The summed E-state index contributed by atoms with van der Waals surface area (Å²) in [6, 6.07) is 23.8. The van der Waals surface area contributed by atoms with E-state index in [-0.39, 0.29) is 0 Å². The Balaban J connectivity index is 1.26. The van der Waals surface area contributed by atoms with Crippen molar-refractivity contribution in [3.8, 4) is 11.5 Å². The van der Waals surface area contributed by atoms with Gasteiger partial charge in [-0.3, -0.25) is 10.9 Å². The average molecular weight is 520 g/mol. The number of hydrazone groups is 2. The van der Waals surface area contributed by atoms with Gasteiger partial charge in [-0.2, -0.15) is 20.2 Å². The molecular weight excluding hydrogens is 490 g/mol. The molecule has 1 heterocycles. The summed E-state index contributed by atoms with van der Waals surface area (Å²) in [7, 11) is 3.37. The quantitative estimate of drug-likeness (QED) is 0.254. The third-order valence-electron chi connectivity index (χ3n) is 6.88. The van der Waals surface area contributed by atoms with Crippen molar-refractivity contribution in [1.82, 2.24) is 9.97 Å². The summed E-state index contributed by atoms with van der Waals surface area (Å²) in [4.78, 5) is 9.29. The maximum absolute atomic E-state index is 5.37. The number of para-hydroxylation sites is 1. The van der Waals surface area contributed by atoms with Gasteiger partial charge in [-0.05, 0) is 85.3 Å². The van der Waals surface area contributed by atoms with E-state index in [1.165, 1.54) is 11.1 Å². The normalized spacial score (nSPS) is 15.6. The van der Waals surface area contributed by atoms with Crippen LogP contribution >= 0.6 is 0 Å². The highest BCUT2D eigenvalue weighted by atomic mass is 16.5. The van der Waals surface area contributed by atoms with E-state index in [1.807, 2.05) is 42.5 Å². The molecule has 1 aromatic heterocycles. The van der Waals surface area contributed by atoms with Gasteiger partial charge in [0, 0.05) is 22.9 Å². The molecule has 0 saturated heterocycles. The van der Waals surface area contributed by atoms with Crippen molar-refractivity contribution in [1.29, 1.82) is 0 Å². The lowest BCUT2D eigenvalue weighted by atomic mass is 10.1. The Labute approximate surface area is 227 Å². The van der Waals surface area contributed by atoms with Crippen LogP contribution < -0.4 is 25.6 Å². The summed E-state index contributed by atoms with van der Waals surface area (Å²) in [5, 5.41) is 12.7. The van der Waals surface area contributed by atoms with Gasteiger partial charge in [0.25, 0.3) is 0 Å². The first-order chi connectivity index (χ1) is 19.2. The molecule has 3 aromatic carbocycles. The van der Waals surface area contributed by atoms with E-state index in [0.29, 0.717) is 17.6 Å². The first-order valence-electron chi connectivity index (χ1n) is 12.9. The van der Waals surface area contributed by atoms with Gasteiger partial charge >= 0.3 is 0 Å². The molecule has 0 unspecified atom stereocenters. The Morgan fingerprint density at radius 3 is 1.69 bits per heavy atom. The van der Waals surface area contributed by atoms with Crippen LogP contribution in [0.1, 0.15) is 35.1 Å². The van der Waals surface area contributed by atoms with Gasteiger partial charge in [-0.15, -0.1) is 0 Å². The zero-order valence-corrected chi connectivity index (χ0v) is 21.9. The number of aryl methyl sites for hydroxylation is 2. The summed E-state index contributed by atoms with van der Waals surface area (Å²) in [5.74, 6) is 3.25. The van der Waals surface area contributed by atoms with E-state index < -0.39 is 0 Å². The summed E-state index contributed by atoms with van der Waals surface area (Å²) >= 11 is 0. The van der Waals surface area contributed by atoms with E-state index in [9.17, 15) is 0 Å². The Hall–Kier alpha value is -4.92. The number of ether oxygens (including phenoxy) is 2. The number of hydrogen-bond donors (Lipinski definition) is 3. The van der Waals surface area contributed by atoms with Crippen LogP contribution in [-0.2, 0) is 12.8 Å². The molecule has 0 atom stereocenters. The molecule has 196 valence electrons. The fraction of sp³-hybridized carbons (Fsp3) is 0.200. The molecule has 4 aromatic rings. The highest BCUT2D eigenvalue weighted by Gasteiger charge is 2.20. The van der Waals surface area contributed by atoms with Gasteiger partial charge in [0.2, 0.25) is 5.95 Å². The summed E-state index contributed by atoms with van der Waals surface area (Å²) < 4.78 is 10.7. The second-order valence-corrected chi connectivity index (χ2v) is 9.34. The zero-order chi connectivity index (χ0) is 26.6. The van der Waals surface area contributed by atoms with Crippen LogP contribution in [0, 0.1) is 0 Å². The van der Waals surface area contributed by atoms with Crippen molar-refractivity contribution in [2.24, 2.45) is 10.2 Å². The van der Waals surface area contributed by atoms with Crippen LogP contribution in [0.5, 0.6) is 11.5 Å². The van der Waals surface area contributed by atoms with E-state index in [2.05, 4.69) is 50.4 Å². The van der Waals surface area contributed by atoms with Crippen molar-refractivity contribution in [3.63, 3.8) is 0 Å². The van der Waals surface area contributed by atoms with Gasteiger partial charge in [0.15, 0.2) is 11.6 Å².